The SMILES string of the molecule is Cn1c(N)nnc1NC1=CCC=C1. The molecule has 0 spiro atoms. The normalized spacial score (nSPS) is 14.7. The molecule has 0 amide bonds. The molecule has 68 valence electrons. The average molecular weight is 177 g/mol. The van der Waals surface area contributed by atoms with Crippen LogP contribution in [0.25, 0.3) is 0 Å². The van der Waals surface area contributed by atoms with Gasteiger partial charge >= 0.3 is 0 Å². The highest BCUT2D eigenvalue weighted by molar-refractivity contribution is 5.45. The molecule has 0 aromatic carbocycles. The van der Waals surface area contributed by atoms with Gasteiger partial charge in [-0.05, 0) is 12.5 Å². The van der Waals surface area contributed by atoms with Gasteiger partial charge in [0.1, 0.15) is 0 Å². The summed E-state index contributed by atoms with van der Waals surface area (Å²) in [6.07, 6.45) is 7.12. The Labute approximate surface area is 76.0 Å². The minimum Gasteiger partial charge on any atom is -0.368 e. The second-order valence-corrected chi connectivity index (χ2v) is 2.86. The summed E-state index contributed by atoms with van der Waals surface area (Å²) in [4.78, 5) is 0. The fraction of sp³-hybridized carbons (Fsp3) is 0.250. The highest BCUT2D eigenvalue weighted by atomic mass is 15.4. The number of aromatic nitrogens is 3. The number of hydrogen-bond donors (Lipinski definition) is 2. The Morgan fingerprint density at radius 2 is 2.38 bits per heavy atom. The Morgan fingerprint density at radius 1 is 1.54 bits per heavy atom. The number of nitrogens with one attached hydrogen (secondary N) is 1. The molecule has 1 aromatic rings. The molecule has 1 aliphatic carbocycles. The van der Waals surface area contributed by atoms with E-state index < -0.39 is 0 Å². The van der Waals surface area contributed by atoms with E-state index in [1.165, 1.54) is 0 Å². The van der Waals surface area contributed by atoms with Crippen LogP contribution in [0.15, 0.2) is 23.9 Å². The number of nitrogen functional groups attached to an aromatic ring is 1. The van der Waals surface area contributed by atoms with Crippen LogP contribution in [0, 0.1) is 0 Å². The summed E-state index contributed by atoms with van der Waals surface area (Å²) >= 11 is 0. The van der Waals surface area contributed by atoms with Gasteiger partial charge in [-0.1, -0.05) is 12.2 Å². The van der Waals surface area contributed by atoms with Crippen molar-refractivity contribution in [2.45, 2.75) is 6.42 Å². The van der Waals surface area contributed by atoms with Gasteiger partial charge in [0.15, 0.2) is 0 Å². The van der Waals surface area contributed by atoms with Crippen molar-refractivity contribution in [2.24, 2.45) is 7.05 Å². The van der Waals surface area contributed by atoms with Crippen LogP contribution < -0.4 is 11.1 Å². The van der Waals surface area contributed by atoms with Crippen molar-refractivity contribution < 1.29 is 0 Å². The largest absolute Gasteiger partial charge is 0.368 e. The molecule has 0 saturated heterocycles. The lowest BCUT2D eigenvalue weighted by atomic mass is 10.4. The molecule has 0 fully saturated rings. The summed E-state index contributed by atoms with van der Waals surface area (Å²) in [5.74, 6) is 1.07. The Bertz CT molecular complexity index is 374. The van der Waals surface area contributed by atoms with E-state index >= 15 is 0 Å². The zero-order chi connectivity index (χ0) is 9.26. The Kier molecular flexibility index (Phi) is 1.77. The maximum Gasteiger partial charge on any atom is 0.230 e. The smallest absolute Gasteiger partial charge is 0.230 e. The lowest BCUT2D eigenvalue weighted by molar-refractivity contribution is 0.930. The molecule has 0 atom stereocenters. The van der Waals surface area contributed by atoms with Crippen LogP contribution in [-0.4, -0.2) is 14.8 Å². The quantitative estimate of drug-likeness (QED) is 0.696. The summed E-state index contributed by atoms with van der Waals surface area (Å²) in [6.45, 7) is 0. The van der Waals surface area contributed by atoms with Crippen LogP contribution in [0.5, 0.6) is 0 Å². The first-order chi connectivity index (χ1) is 6.27. The Hall–Kier alpha value is -1.78. The molecule has 13 heavy (non-hydrogen) atoms. The molecule has 0 bridgehead atoms. The van der Waals surface area contributed by atoms with Crippen molar-refractivity contribution in [1.82, 2.24) is 14.8 Å². The van der Waals surface area contributed by atoms with Crippen LogP contribution in [0.3, 0.4) is 0 Å². The summed E-state index contributed by atoms with van der Waals surface area (Å²) in [6, 6.07) is 0. The third kappa shape index (κ3) is 1.40. The summed E-state index contributed by atoms with van der Waals surface area (Å²) in [5, 5.41) is 10.7. The van der Waals surface area contributed by atoms with E-state index in [9.17, 15) is 0 Å². The maximum absolute atomic E-state index is 5.53. The molecule has 2 rings (SSSR count). The van der Waals surface area contributed by atoms with Crippen LogP contribution in [0.4, 0.5) is 11.9 Å². The summed E-state index contributed by atoms with van der Waals surface area (Å²) in [5.41, 5.74) is 6.56. The molecule has 1 heterocycles. The van der Waals surface area contributed by atoms with Crippen LogP contribution >= 0.6 is 0 Å². The number of nitrogens with zero attached hydrogens (tertiary/aromatic N) is 3. The molecule has 5 nitrogen and oxygen atoms in total. The van der Waals surface area contributed by atoms with Gasteiger partial charge in [0.2, 0.25) is 11.9 Å². The maximum atomic E-state index is 5.53. The monoisotopic (exact) mass is 177 g/mol. The first-order valence-corrected chi connectivity index (χ1v) is 4.06. The first-order valence-electron chi connectivity index (χ1n) is 4.06. The standard InChI is InChI=1S/C8H11N5/c1-13-7(9)11-12-8(13)10-6-4-2-3-5-6/h2,4-5H,3H2,1H3,(H2,9,11)(H,10,12). The van der Waals surface area contributed by atoms with Crippen LogP contribution in [-0.2, 0) is 7.05 Å². The second-order valence-electron chi connectivity index (χ2n) is 2.86. The van der Waals surface area contributed by atoms with E-state index in [-0.39, 0.29) is 0 Å². The topological polar surface area (TPSA) is 68.8 Å². The Balaban J connectivity index is 2.18. The van der Waals surface area contributed by atoms with Crippen molar-refractivity contribution in [3.05, 3.63) is 23.9 Å². The van der Waals surface area contributed by atoms with E-state index in [1.54, 1.807) is 4.57 Å². The lowest BCUT2D eigenvalue weighted by Crippen LogP contribution is -2.04. The average Bonchev–Trinajstić information content (AvgIpc) is 2.71. The number of allylic oxidation sites excluding steroid dienone is 3. The van der Waals surface area contributed by atoms with Gasteiger partial charge in [-0.3, -0.25) is 4.57 Å². The fourth-order valence-electron chi connectivity index (χ4n) is 1.13. The van der Waals surface area contributed by atoms with Crippen molar-refractivity contribution in [1.29, 1.82) is 0 Å². The van der Waals surface area contributed by atoms with Gasteiger partial charge in [0.25, 0.3) is 0 Å². The van der Waals surface area contributed by atoms with Gasteiger partial charge < -0.3 is 11.1 Å². The zero-order valence-corrected chi connectivity index (χ0v) is 7.36. The molecule has 0 radical (unpaired) electrons. The third-order valence-corrected chi connectivity index (χ3v) is 1.94. The van der Waals surface area contributed by atoms with Gasteiger partial charge in [0.05, 0.1) is 0 Å². The van der Waals surface area contributed by atoms with Crippen LogP contribution in [0.1, 0.15) is 6.42 Å². The Morgan fingerprint density at radius 3 is 2.92 bits per heavy atom. The minimum absolute atomic E-state index is 0.407. The van der Waals surface area contributed by atoms with E-state index in [0.29, 0.717) is 11.9 Å². The fourth-order valence-corrected chi connectivity index (χ4v) is 1.13. The van der Waals surface area contributed by atoms with E-state index in [2.05, 4.69) is 27.7 Å². The molecule has 5 heteroatoms. The minimum atomic E-state index is 0.407. The third-order valence-electron chi connectivity index (χ3n) is 1.94. The van der Waals surface area contributed by atoms with Crippen LogP contribution in [0.2, 0.25) is 0 Å². The lowest BCUT2D eigenvalue weighted by Gasteiger charge is -2.03. The van der Waals surface area contributed by atoms with Gasteiger partial charge in [-0.15, -0.1) is 10.2 Å². The van der Waals surface area contributed by atoms with Gasteiger partial charge in [-0.2, -0.15) is 0 Å². The summed E-state index contributed by atoms with van der Waals surface area (Å²) < 4.78 is 1.70. The van der Waals surface area contributed by atoms with Crippen molar-refractivity contribution >= 4 is 11.9 Å². The molecular weight excluding hydrogens is 166 g/mol. The number of anilines is 2. The predicted octanol–water partition coefficient (Wildman–Crippen LogP) is 0.653. The predicted molar refractivity (Wildman–Crippen MR) is 50.9 cm³/mol. The number of rotatable bonds is 2. The molecule has 0 saturated carbocycles. The van der Waals surface area contributed by atoms with Crippen molar-refractivity contribution in [3.63, 3.8) is 0 Å². The number of nitrogens with two attached hydrogens (primary N) is 1. The number of hydrogen-bond acceptors (Lipinski definition) is 4. The molecule has 0 aliphatic heterocycles. The van der Waals surface area contributed by atoms with E-state index in [1.807, 2.05) is 13.1 Å². The van der Waals surface area contributed by atoms with Crippen molar-refractivity contribution in [2.75, 3.05) is 11.1 Å². The zero-order valence-electron chi connectivity index (χ0n) is 7.36. The molecule has 0 unspecified atom stereocenters. The molecular formula is C8H11N5. The molecule has 1 aromatic heterocycles. The highest BCUT2D eigenvalue weighted by Crippen LogP contribution is 2.13. The summed E-state index contributed by atoms with van der Waals surface area (Å²) in [7, 11) is 1.82. The molecule has 3 N–H and O–H groups in total. The van der Waals surface area contributed by atoms with Gasteiger partial charge in [0, 0.05) is 12.7 Å². The van der Waals surface area contributed by atoms with E-state index in [4.69, 9.17) is 5.73 Å². The van der Waals surface area contributed by atoms with Gasteiger partial charge in [-0.25, -0.2) is 0 Å². The molecule has 1 aliphatic rings. The van der Waals surface area contributed by atoms with E-state index in [0.717, 1.165) is 12.1 Å². The van der Waals surface area contributed by atoms with Crippen molar-refractivity contribution in [3.8, 4) is 0 Å². The first kappa shape index (κ1) is 7.85. The second kappa shape index (κ2) is 2.93. The highest BCUT2D eigenvalue weighted by Gasteiger charge is 2.06.